The lowest BCUT2D eigenvalue weighted by molar-refractivity contribution is 0.599. The molecule has 0 spiro atoms. The second-order valence-electron chi connectivity index (χ2n) is 4.32. The van der Waals surface area contributed by atoms with Crippen LogP contribution in [0.5, 0.6) is 0 Å². The SMILES string of the molecule is Ic1ccc(/C=C/C2CCCCCN2)cc1. The summed E-state index contributed by atoms with van der Waals surface area (Å²) in [5.74, 6) is 0. The Hall–Kier alpha value is -0.350. The topological polar surface area (TPSA) is 12.0 Å². The van der Waals surface area contributed by atoms with Gasteiger partial charge in [0.05, 0.1) is 0 Å². The summed E-state index contributed by atoms with van der Waals surface area (Å²) in [4.78, 5) is 0. The molecule has 2 heteroatoms. The average Bonchev–Trinajstić information content (AvgIpc) is 2.57. The zero-order valence-corrected chi connectivity index (χ0v) is 11.6. The Morgan fingerprint density at radius 2 is 1.94 bits per heavy atom. The number of benzene rings is 1. The van der Waals surface area contributed by atoms with E-state index in [1.807, 2.05) is 0 Å². The molecular formula is C14H18IN. The Kier molecular flexibility index (Phi) is 4.85. The molecule has 0 aromatic heterocycles. The third-order valence-electron chi connectivity index (χ3n) is 2.99. The first kappa shape index (κ1) is 12.1. The minimum Gasteiger partial charge on any atom is -0.311 e. The Balaban J connectivity index is 1.94. The molecule has 0 bridgehead atoms. The number of halogens is 1. The van der Waals surface area contributed by atoms with Crippen LogP contribution in [0.15, 0.2) is 30.3 Å². The fraction of sp³-hybridized carbons (Fsp3) is 0.429. The van der Waals surface area contributed by atoms with Gasteiger partial charge in [0.15, 0.2) is 0 Å². The predicted octanol–water partition coefficient (Wildman–Crippen LogP) is 3.84. The number of hydrogen-bond donors (Lipinski definition) is 1. The second-order valence-corrected chi connectivity index (χ2v) is 5.57. The van der Waals surface area contributed by atoms with Crippen LogP contribution in [0.25, 0.3) is 6.08 Å². The Bertz CT molecular complexity index is 334. The molecule has 0 saturated carbocycles. The molecule has 1 fully saturated rings. The van der Waals surface area contributed by atoms with Crippen LogP contribution in [-0.2, 0) is 0 Å². The molecule has 1 N–H and O–H groups in total. The van der Waals surface area contributed by atoms with Gasteiger partial charge in [-0.2, -0.15) is 0 Å². The zero-order valence-electron chi connectivity index (χ0n) is 9.45. The smallest absolute Gasteiger partial charge is 0.0253 e. The summed E-state index contributed by atoms with van der Waals surface area (Å²) in [5.41, 5.74) is 1.30. The molecule has 86 valence electrons. The predicted molar refractivity (Wildman–Crippen MR) is 78.5 cm³/mol. The first-order valence-electron chi connectivity index (χ1n) is 6.02. The van der Waals surface area contributed by atoms with E-state index in [0.29, 0.717) is 6.04 Å². The first-order chi connectivity index (χ1) is 7.84. The van der Waals surface area contributed by atoms with Crippen LogP contribution in [-0.4, -0.2) is 12.6 Å². The highest BCUT2D eigenvalue weighted by atomic mass is 127. The zero-order chi connectivity index (χ0) is 11.2. The Labute approximate surface area is 111 Å². The first-order valence-corrected chi connectivity index (χ1v) is 7.09. The van der Waals surface area contributed by atoms with E-state index in [1.54, 1.807) is 0 Å². The van der Waals surface area contributed by atoms with Crippen LogP contribution < -0.4 is 5.32 Å². The van der Waals surface area contributed by atoms with E-state index in [9.17, 15) is 0 Å². The lowest BCUT2D eigenvalue weighted by atomic mass is 10.1. The van der Waals surface area contributed by atoms with Crippen molar-refractivity contribution in [3.05, 3.63) is 39.5 Å². The maximum Gasteiger partial charge on any atom is 0.0253 e. The van der Waals surface area contributed by atoms with Crippen molar-refractivity contribution < 1.29 is 0 Å². The van der Waals surface area contributed by atoms with Crippen molar-refractivity contribution >= 4 is 28.7 Å². The van der Waals surface area contributed by atoms with Gasteiger partial charge in [-0.05, 0) is 59.7 Å². The van der Waals surface area contributed by atoms with E-state index in [4.69, 9.17) is 0 Å². The van der Waals surface area contributed by atoms with Gasteiger partial charge in [-0.25, -0.2) is 0 Å². The van der Waals surface area contributed by atoms with Crippen LogP contribution in [0.3, 0.4) is 0 Å². The molecule has 0 aliphatic carbocycles. The molecule has 1 saturated heterocycles. The van der Waals surface area contributed by atoms with Crippen LogP contribution in [0.1, 0.15) is 31.2 Å². The largest absolute Gasteiger partial charge is 0.311 e. The van der Waals surface area contributed by atoms with Crippen LogP contribution >= 0.6 is 22.6 Å². The van der Waals surface area contributed by atoms with E-state index in [2.05, 4.69) is 64.3 Å². The fourth-order valence-corrected chi connectivity index (χ4v) is 2.38. The van der Waals surface area contributed by atoms with Crippen molar-refractivity contribution in [2.45, 2.75) is 31.7 Å². The third-order valence-corrected chi connectivity index (χ3v) is 3.71. The number of nitrogens with one attached hydrogen (secondary N) is 1. The highest BCUT2D eigenvalue weighted by Crippen LogP contribution is 2.12. The summed E-state index contributed by atoms with van der Waals surface area (Å²) < 4.78 is 1.29. The summed E-state index contributed by atoms with van der Waals surface area (Å²) in [7, 11) is 0. The fourth-order valence-electron chi connectivity index (χ4n) is 2.02. The van der Waals surface area contributed by atoms with Gasteiger partial charge in [-0.15, -0.1) is 0 Å². The molecule has 16 heavy (non-hydrogen) atoms. The van der Waals surface area contributed by atoms with E-state index < -0.39 is 0 Å². The van der Waals surface area contributed by atoms with Crippen LogP contribution in [0, 0.1) is 3.57 Å². The maximum atomic E-state index is 3.57. The molecule has 1 atom stereocenters. The quantitative estimate of drug-likeness (QED) is 0.814. The van der Waals surface area contributed by atoms with E-state index in [0.717, 1.165) is 0 Å². The molecule has 1 aliphatic rings. The highest BCUT2D eigenvalue weighted by molar-refractivity contribution is 14.1. The van der Waals surface area contributed by atoms with Gasteiger partial charge in [-0.1, -0.05) is 37.1 Å². The van der Waals surface area contributed by atoms with Crippen LogP contribution in [0.2, 0.25) is 0 Å². The molecule has 1 aromatic carbocycles. The van der Waals surface area contributed by atoms with Crippen molar-refractivity contribution in [2.75, 3.05) is 6.54 Å². The molecule has 2 rings (SSSR count). The van der Waals surface area contributed by atoms with Crippen molar-refractivity contribution in [1.82, 2.24) is 5.32 Å². The summed E-state index contributed by atoms with van der Waals surface area (Å²) in [6.45, 7) is 1.17. The third kappa shape index (κ3) is 3.91. The van der Waals surface area contributed by atoms with Gasteiger partial charge >= 0.3 is 0 Å². The summed E-state index contributed by atoms with van der Waals surface area (Å²) in [5, 5.41) is 3.57. The number of rotatable bonds is 2. The second kappa shape index (κ2) is 6.40. The molecule has 1 unspecified atom stereocenters. The van der Waals surface area contributed by atoms with Crippen molar-refractivity contribution in [3.8, 4) is 0 Å². The normalized spacial score (nSPS) is 22.2. The minimum absolute atomic E-state index is 0.571. The molecule has 1 heterocycles. The molecule has 1 aliphatic heterocycles. The molecule has 0 amide bonds. The lowest BCUT2D eigenvalue weighted by Gasteiger charge is -2.09. The van der Waals surface area contributed by atoms with Gasteiger partial charge in [0.1, 0.15) is 0 Å². The van der Waals surface area contributed by atoms with Gasteiger partial charge in [-0.3, -0.25) is 0 Å². The summed E-state index contributed by atoms with van der Waals surface area (Å²) in [6, 6.07) is 9.23. The Morgan fingerprint density at radius 1 is 1.12 bits per heavy atom. The van der Waals surface area contributed by atoms with Gasteiger partial charge < -0.3 is 5.32 Å². The van der Waals surface area contributed by atoms with E-state index in [-0.39, 0.29) is 0 Å². The van der Waals surface area contributed by atoms with Crippen LogP contribution in [0.4, 0.5) is 0 Å². The lowest BCUT2D eigenvalue weighted by Crippen LogP contribution is -2.25. The van der Waals surface area contributed by atoms with Gasteiger partial charge in [0.2, 0.25) is 0 Å². The molecular weight excluding hydrogens is 309 g/mol. The minimum atomic E-state index is 0.571. The van der Waals surface area contributed by atoms with Gasteiger partial charge in [0, 0.05) is 9.61 Å². The summed E-state index contributed by atoms with van der Waals surface area (Å²) in [6.07, 6.45) is 9.89. The standard InChI is InChI=1S/C14H18IN/c15-13-8-5-12(6-9-13)7-10-14-4-2-1-3-11-16-14/h5-10,14,16H,1-4,11H2/b10-7+. The monoisotopic (exact) mass is 327 g/mol. The van der Waals surface area contributed by atoms with E-state index in [1.165, 1.54) is 41.4 Å². The summed E-state index contributed by atoms with van der Waals surface area (Å²) >= 11 is 2.34. The number of hydrogen-bond acceptors (Lipinski definition) is 1. The van der Waals surface area contributed by atoms with Crippen molar-refractivity contribution in [3.63, 3.8) is 0 Å². The highest BCUT2D eigenvalue weighted by Gasteiger charge is 2.06. The molecule has 1 aromatic rings. The molecule has 1 nitrogen and oxygen atoms in total. The average molecular weight is 327 g/mol. The van der Waals surface area contributed by atoms with Crippen molar-refractivity contribution in [2.24, 2.45) is 0 Å². The molecule has 0 radical (unpaired) electrons. The van der Waals surface area contributed by atoms with Gasteiger partial charge in [0.25, 0.3) is 0 Å². The Morgan fingerprint density at radius 3 is 2.75 bits per heavy atom. The van der Waals surface area contributed by atoms with E-state index >= 15 is 0 Å². The van der Waals surface area contributed by atoms with Crippen molar-refractivity contribution in [1.29, 1.82) is 0 Å². The maximum absolute atomic E-state index is 3.57.